The molecule has 1 N–H and O–H groups in total. The van der Waals surface area contributed by atoms with Gasteiger partial charge in [0.15, 0.2) is 0 Å². The van der Waals surface area contributed by atoms with Crippen LogP contribution in [0.3, 0.4) is 0 Å². The molecule has 0 spiro atoms. The van der Waals surface area contributed by atoms with Gasteiger partial charge in [0.05, 0.1) is 6.33 Å². The minimum atomic E-state index is 0. The maximum absolute atomic E-state index is 4.07. The number of imidazole rings is 1. The van der Waals surface area contributed by atoms with Crippen molar-refractivity contribution >= 4 is 12.4 Å². The molecule has 0 bridgehead atoms. The molecule has 17 heavy (non-hydrogen) atoms. The number of aryl methyl sites for hydroxylation is 1. The lowest BCUT2D eigenvalue weighted by Gasteiger charge is -2.04. The van der Waals surface area contributed by atoms with Crippen LogP contribution in [0.4, 0.5) is 0 Å². The first kappa shape index (κ1) is 13.7. The van der Waals surface area contributed by atoms with E-state index in [1.54, 1.807) is 6.20 Å². The second-order valence-electron chi connectivity index (χ2n) is 3.69. The Morgan fingerprint density at radius 2 is 2.18 bits per heavy atom. The molecule has 0 saturated carbocycles. The van der Waals surface area contributed by atoms with Gasteiger partial charge in [0.2, 0.25) is 0 Å². The Balaban J connectivity index is 0.00000144. The molecule has 2 rings (SSSR count). The van der Waals surface area contributed by atoms with Gasteiger partial charge in [-0.1, -0.05) is 6.07 Å². The minimum Gasteiger partial charge on any atom is -0.337 e. The zero-order valence-electron chi connectivity index (χ0n) is 9.62. The Kier molecular flexibility index (Phi) is 6.29. The standard InChI is InChI=1S/C12H16N4.ClH/c1-3-12(9-13-4-1)10-14-5-2-7-16-8-6-15-11-16;/h1,3-4,6,8-9,11,14H,2,5,7,10H2;1H. The summed E-state index contributed by atoms with van der Waals surface area (Å²) in [5, 5.41) is 3.39. The highest BCUT2D eigenvalue weighted by molar-refractivity contribution is 5.85. The number of hydrogen-bond donors (Lipinski definition) is 1. The normalized spacial score (nSPS) is 9.88. The van der Waals surface area contributed by atoms with Crippen LogP contribution in [0, 0.1) is 0 Å². The van der Waals surface area contributed by atoms with Gasteiger partial charge < -0.3 is 9.88 Å². The fourth-order valence-electron chi connectivity index (χ4n) is 1.54. The third-order valence-corrected chi connectivity index (χ3v) is 2.38. The number of aromatic nitrogens is 3. The highest BCUT2D eigenvalue weighted by atomic mass is 35.5. The second kappa shape index (κ2) is 7.81. The Morgan fingerprint density at radius 3 is 2.88 bits per heavy atom. The maximum atomic E-state index is 4.07. The van der Waals surface area contributed by atoms with Crippen molar-refractivity contribution in [3.8, 4) is 0 Å². The first-order chi connectivity index (χ1) is 7.95. The predicted octanol–water partition coefficient (Wildman–Crippen LogP) is 1.88. The summed E-state index contributed by atoms with van der Waals surface area (Å²) in [7, 11) is 0. The van der Waals surface area contributed by atoms with E-state index in [2.05, 4.69) is 25.9 Å². The van der Waals surface area contributed by atoms with Gasteiger partial charge in [-0.2, -0.15) is 0 Å². The predicted molar refractivity (Wildman–Crippen MR) is 70.0 cm³/mol. The van der Waals surface area contributed by atoms with Gasteiger partial charge in [-0.3, -0.25) is 4.98 Å². The topological polar surface area (TPSA) is 42.7 Å². The van der Waals surface area contributed by atoms with Crippen molar-refractivity contribution in [3.63, 3.8) is 0 Å². The summed E-state index contributed by atoms with van der Waals surface area (Å²) < 4.78 is 2.09. The summed E-state index contributed by atoms with van der Waals surface area (Å²) in [6.07, 6.45) is 10.4. The van der Waals surface area contributed by atoms with Crippen molar-refractivity contribution < 1.29 is 0 Å². The minimum absolute atomic E-state index is 0. The maximum Gasteiger partial charge on any atom is 0.0945 e. The van der Waals surface area contributed by atoms with Crippen LogP contribution in [0.5, 0.6) is 0 Å². The second-order valence-corrected chi connectivity index (χ2v) is 3.69. The molecule has 4 nitrogen and oxygen atoms in total. The quantitative estimate of drug-likeness (QED) is 0.799. The fraction of sp³-hybridized carbons (Fsp3) is 0.333. The Labute approximate surface area is 108 Å². The smallest absolute Gasteiger partial charge is 0.0945 e. The van der Waals surface area contributed by atoms with Gasteiger partial charge in [-0.25, -0.2) is 4.98 Å². The average Bonchev–Trinajstić information content (AvgIpc) is 2.83. The molecule has 0 aromatic carbocycles. The van der Waals surface area contributed by atoms with Crippen molar-refractivity contribution in [2.45, 2.75) is 19.5 Å². The summed E-state index contributed by atoms with van der Waals surface area (Å²) in [6, 6.07) is 4.04. The molecule has 0 aliphatic heterocycles. The number of pyridine rings is 1. The molecule has 5 heteroatoms. The summed E-state index contributed by atoms with van der Waals surface area (Å²) in [6.45, 7) is 2.91. The van der Waals surface area contributed by atoms with Crippen LogP contribution in [-0.2, 0) is 13.1 Å². The van der Waals surface area contributed by atoms with Gasteiger partial charge in [0.25, 0.3) is 0 Å². The lowest BCUT2D eigenvalue weighted by Crippen LogP contribution is -2.16. The number of nitrogens with one attached hydrogen (secondary N) is 1. The van der Waals surface area contributed by atoms with Crippen molar-refractivity contribution in [1.82, 2.24) is 19.9 Å². The molecule has 2 aromatic rings. The summed E-state index contributed by atoms with van der Waals surface area (Å²) >= 11 is 0. The van der Waals surface area contributed by atoms with E-state index in [1.165, 1.54) is 5.56 Å². The fourth-order valence-corrected chi connectivity index (χ4v) is 1.54. The van der Waals surface area contributed by atoms with E-state index in [0.29, 0.717) is 0 Å². The van der Waals surface area contributed by atoms with Crippen molar-refractivity contribution in [2.75, 3.05) is 6.54 Å². The molecular formula is C12H17ClN4. The monoisotopic (exact) mass is 252 g/mol. The van der Waals surface area contributed by atoms with E-state index in [1.807, 2.05) is 31.0 Å². The van der Waals surface area contributed by atoms with Crippen LogP contribution < -0.4 is 5.32 Å². The van der Waals surface area contributed by atoms with Crippen LogP contribution >= 0.6 is 12.4 Å². The van der Waals surface area contributed by atoms with Gasteiger partial charge in [-0.05, 0) is 24.6 Å². The molecule has 0 radical (unpaired) electrons. The van der Waals surface area contributed by atoms with E-state index in [0.717, 1.165) is 26.1 Å². The highest BCUT2D eigenvalue weighted by Gasteiger charge is 1.92. The lowest BCUT2D eigenvalue weighted by atomic mass is 10.3. The number of rotatable bonds is 6. The van der Waals surface area contributed by atoms with Crippen LogP contribution in [0.1, 0.15) is 12.0 Å². The van der Waals surface area contributed by atoms with Crippen LogP contribution in [0.2, 0.25) is 0 Å². The van der Waals surface area contributed by atoms with Crippen molar-refractivity contribution in [1.29, 1.82) is 0 Å². The Hall–Kier alpha value is -1.39. The molecule has 0 atom stereocenters. The molecule has 0 unspecified atom stereocenters. The lowest BCUT2D eigenvalue weighted by molar-refractivity contribution is 0.580. The zero-order valence-corrected chi connectivity index (χ0v) is 10.4. The molecule has 0 aliphatic rings. The first-order valence-electron chi connectivity index (χ1n) is 5.50. The average molecular weight is 253 g/mol. The van der Waals surface area contributed by atoms with E-state index >= 15 is 0 Å². The van der Waals surface area contributed by atoms with Crippen LogP contribution in [0.25, 0.3) is 0 Å². The molecule has 92 valence electrons. The molecule has 0 saturated heterocycles. The van der Waals surface area contributed by atoms with Gasteiger partial charge in [0.1, 0.15) is 0 Å². The summed E-state index contributed by atoms with van der Waals surface area (Å²) in [5.41, 5.74) is 1.23. The molecule has 2 aromatic heterocycles. The molecule has 0 amide bonds. The van der Waals surface area contributed by atoms with E-state index in [-0.39, 0.29) is 12.4 Å². The Morgan fingerprint density at radius 1 is 1.24 bits per heavy atom. The van der Waals surface area contributed by atoms with Crippen LogP contribution in [0.15, 0.2) is 43.2 Å². The SMILES string of the molecule is Cl.c1cncc(CNCCCn2ccnc2)c1. The number of halogens is 1. The Bertz CT molecular complexity index is 388. The first-order valence-corrected chi connectivity index (χ1v) is 5.50. The third-order valence-electron chi connectivity index (χ3n) is 2.38. The molecule has 2 heterocycles. The van der Waals surface area contributed by atoms with E-state index in [4.69, 9.17) is 0 Å². The van der Waals surface area contributed by atoms with Crippen LogP contribution in [-0.4, -0.2) is 21.1 Å². The third kappa shape index (κ3) is 4.97. The molecular weight excluding hydrogens is 236 g/mol. The van der Waals surface area contributed by atoms with E-state index < -0.39 is 0 Å². The van der Waals surface area contributed by atoms with Crippen molar-refractivity contribution in [3.05, 3.63) is 48.8 Å². The van der Waals surface area contributed by atoms with Gasteiger partial charge in [-0.15, -0.1) is 12.4 Å². The largest absolute Gasteiger partial charge is 0.337 e. The van der Waals surface area contributed by atoms with Gasteiger partial charge in [0, 0.05) is 37.9 Å². The summed E-state index contributed by atoms with van der Waals surface area (Å²) in [4.78, 5) is 8.07. The molecule has 0 fully saturated rings. The molecule has 0 aliphatic carbocycles. The van der Waals surface area contributed by atoms with E-state index in [9.17, 15) is 0 Å². The number of nitrogens with zero attached hydrogens (tertiary/aromatic N) is 3. The number of hydrogen-bond acceptors (Lipinski definition) is 3. The summed E-state index contributed by atoms with van der Waals surface area (Å²) in [5.74, 6) is 0. The van der Waals surface area contributed by atoms with Crippen molar-refractivity contribution in [2.24, 2.45) is 0 Å². The zero-order chi connectivity index (χ0) is 11.1. The van der Waals surface area contributed by atoms with Gasteiger partial charge >= 0.3 is 0 Å². The highest BCUT2D eigenvalue weighted by Crippen LogP contribution is 1.95.